The summed E-state index contributed by atoms with van der Waals surface area (Å²) in [6, 6.07) is 0. The zero-order valence-electron chi connectivity index (χ0n) is 11.9. The average molecular weight is 243 g/mol. The van der Waals surface area contributed by atoms with Gasteiger partial charge in [0.15, 0.2) is 0 Å². The zero-order valence-corrected chi connectivity index (χ0v) is 11.9. The molecule has 0 aliphatic rings. The lowest BCUT2D eigenvalue weighted by molar-refractivity contribution is 1.06. The molecule has 1 heterocycles. The Balaban J connectivity index is 3.69. The third kappa shape index (κ3) is 2.50. The van der Waals surface area contributed by atoms with Gasteiger partial charge in [0.25, 0.3) is 0 Å². The van der Waals surface area contributed by atoms with Crippen LogP contribution >= 0.6 is 0 Å². The van der Waals surface area contributed by atoms with Gasteiger partial charge in [0, 0.05) is 44.2 Å². The summed E-state index contributed by atoms with van der Waals surface area (Å²) in [5.74, 6) is 0.899. The zero-order chi connectivity index (χ0) is 13.9. The first kappa shape index (κ1) is 14.2. The molecule has 0 aliphatic heterocycles. The molecule has 0 spiro atoms. The largest absolute Gasteiger partial charge is 0.362 e. The van der Waals surface area contributed by atoms with Gasteiger partial charge in [0.1, 0.15) is 5.82 Å². The summed E-state index contributed by atoms with van der Waals surface area (Å²) in [5.41, 5.74) is 5.05. The monoisotopic (exact) mass is 243 g/mol. The normalized spacial score (nSPS) is 11.3. The number of aliphatic imine (C=N–C) groups is 1. The molecular weight excluding hydrogens is 222 g/mol. The molecular formula is C15H21N3. The van der Waals surface area contributed by atoms with E-state index in [1.165, 1.54) is 0 Å². The second-order valence-electron chi connectivity index (χ2n) is 4.47. The molecule has 0 N–H and O–H groups in total. The number of aromatic nitrogens is 1. The van der Waals surface area contributed by atoms with Crippen molar-refractivity contribution >= 4 is 23.2 Å². The maximum Gasteiger partial charge on any atom is 0.135 e. The fraction of sp³-hybridized carbons (Fsp3) is 0.333. The molecule has 0 aromatic carbocycles. The Morgan fingerprint density at radius 3 is 2.39 bits per heavy atom. The third-order valence-electron chi connectivity index (χ3n) is 2.88. The van der Waals surface area contributed by atoms with E-state index >= 15 is 0 Å². The van der Waals surface area contributed by atoms with Crippen LogP contribution < -0.4 is 4.90 Å². The van der Waals surface area contributed by atoms with Crippen LogP contribution in [0, 0.1) is 0 Å². The predicted molar refractivity (Wildman–Crippen MR) is 81.5 cm³/mol. The van der Waals surface area contributed by atoms with Gasteiger partial charge in [-0.15, -0.1) is 0 Å². The first-order valence-electron chi connectivity index (χ1n) is 5.86. The second kappa shape index (κ2) is 5.63. The molecule has 3 heteroatoms. The number of hydrogen-bond donors (Lipinski definition) is 0. The van der Waals surface area contributed by atoms with Gasteiger partial charge in [-0.05, 0) is 25.0 Å². The average Bonchev–Trinajstić information content (AvgIpc) is 2.35. The lowest BCUT2D eigenvalue weighted by Crippen LogP contribution is -2.15. The molecule has 3 nitrogen and oxygen atoms in total. The molecule has 0 unspecified atom stereocenters. The molecule has 1 aromatic rings. The lowest BCUT2D eigenvalue weighted by atomic mass is 9.95. The van der Waals surface area contributed by atoms with Crippen LogP contribution in [0.15, 0.2) is 24.3 Å². The SMILES string of the molecule is C=Cc1c(N(C)C)ncc(C(C)=NC)c1C(=C)C. The summed E-state index contributed by atoms with van der Waals surface area (Å²) in [4.78, 5) is 10.7. The Hall–Kier alpha value is -1.90. The van der Waals surface area contributed by atoms with Gasteiger partial charge < -0.3 is 4.90 Å². The van der Waals surface area contributed by atoms with Gasteiger partial charge in [-0.1, -0.05) is 19.2 Å². The Morgan fingerprint density at radius 1 is 1.39 bits per heavy atom. The molecule has 0 fully saturated rings. The van der Waals surface area contributed by atoms with E-state index < -0.39 is 0 Å². The van der Waals surface area contributed by atoms with Crippen molar-refractivity contribution in [1.82, 2.24) is 4.98 Å². The van der Waals surface area contributed by atoms with Gasteiger partial charge in [-0.3, -0.25) is 4.99 Å². The number of rotatable bonds is 4. The minimum absolute atomic E-state index is 0.899. The van der Waals surface area contributed by atoms with Gasteiger partial charge >= 0.3 is 0 Å². The van der Waals surface area contributed by atoms with Crippen LogP contribution in [-0.4, -0.2) is 31.8 Å². The van der Waals surface area contributed by atoms with Crippen LogP contribution in [-0.2, 0) is 0 Å². The van der Waals surface area contributed by atoms with E-state index in [0.717, 1.165) is 33.8 Å². The topological polar surface area (TPSA) is 28.5 Å². The van der Waals surface area contributed by atoms with E-state index in [1.54, 1.807) is 7.05 Å². The van der Waals surface area contributed by atoms with Gasteiger partial charge in [-0.2, -0.15) is 0 Å². The van der Waals surface area contributed by atoms with Crippen LogP contribution in [0.4, 0.5) is 5.82 Å². The molecule has 0 aliphatic carbocycles. The molecule has 1 rings (SSSR count). The number of nitrogens with zero attached hydrogens (tertiary/aromatic N) is 3. The molecule has 18 heavy (non-hydrogen) atoms. The fourth-order valence-electron chi connectivity index (χ4n) is 1.92. The van der Waals surface area contributed by atoms with E-state index in [2.05, 4.69) is 23.1 Å². The van der Waals surface area contributed by atoms with Crippen molar-refractivity contribution in [3.8, 4) is 0 Å². The quantitative estimate of drug-likeness (QED) is 0.759. The first-order chi connectivity index (χ1) is 8.43. The lowest BCUT2D eigenvalue weighted by Gasteiger charge is -2.20. The minimum Gasteiger partial charge on any atom is -0.362 e. The number of hydrogen-bond acceptors (Lipinski definition) is 3. The molecule has 0 atom stereocenters. The standard InChI is InChI=1S/C15H21N3/c1-8-12-14(10(2)3)13(11(4)16-5)9-17-15(12)18(6)7/h8-9H,1-2H2,3-7H3. The Labute approximate surface area is 110 Å². The Morgan fingerprint density at radius 2 is 2.00 bits per heavy atom. The van der Waals surface area contributed by atoms with Crippen molar-refractivity contribution < 1.29 is 0 Å². The summed E-state index contributed by atoms with van der Waals surface area (Å²) in [6.07, 6.45) is 3.69. The van der Waals surface area contributed by atoms with Crippen molar-refractivity contribution in [3.05, 3.63) is 36.0 Å². The summed E-state index contributed by atoms with van der Waals surface area (Å²) >= 11 is 0. The van der Waals surface area contributed by atoms with E-state index in [-0.39, 0.29) is 0 Å². The molecule has 0 radical (unpaired) electrons. The van der Waals surface area contributed by atoms with E-state index in [9.17, 15) is 0 Å². The Kier molecular flexibility index (Phi) is 4.43. The number of anilines is 1. The summed E-state index contributed by atoms with van der Waals surface area (Å²) < 4.78 is 0. The summed E-state index contributed by atoms with van der Waals surface area (Å²) in [5, 5.41) is 0. The summed E-state index contributed by atoms with van der Waals surface area (Å²) in [7, 11) is 5.72. The van der Waals surface area contributed by atoms with Crippen molar-refractivity contribution in [2.24, 2.45) is 4.99 Å². The molecule has 1 aromatic heterocycles. The van der Waals surface area contributed by atoms with Crippen molar-refractivity contribution in [2.45, 2.75) is 13.8 Å². The Bertz CT molecular complexity index is 511. The van der Waals surface area contributed by atoms with Crippen LogP contribution in [0.1, 0.15) is 30.5 Å². The second-order valence-corrected chi connectivity index (χ2v) is 4.47. The van der Waals surface area contributed by atoms with Crippen LogP contribution in [0.2, 0.25) is 0 Å². The molecule has 96 valence electrons. The van der Waals surface area contributed by atoms with Crippen molar-refractivity contribution in [2.75, 3.05) is 26.0 Å². The van der Waals surface area contributed by atoms with Crippen molar-refractivity contribution in [3.63, 3.8) is 0 Å². The smallest absolute Gasteiger partial charge is 0.135 e. The highest BCUT2D eigenvalue weighted by atomic mass is 15.1. The van der Waals surface area contributed by atoms with Gasteiger partial charge in [0.05, 0.1) is 0 Å². The number of pyridine rings is 1. The first-order valence-corrected chi connectivity index (χ1v) is 5.86. The van der Waals surface area contributed by atoms with E-state index in [1.807, 2.05) is 45.1 Å². The van der Waals surface area contributed by atoms with Gasteiger partial charge in [-0.25, -0.2) is 4.98 Å². The minimum atomic E-state index is 0.899. The highest BCUT2D eigenvalue weighted by Gasteiger charge is 2.15. The fourth-order valence-corrected chi connectivity index (χ4v) is 1.92. The van der Waals surface area contributed by atoms with E-state index in [4.69, 9.17) is 0 Å². The highest BCUT2D eigenvalue weighted by molar-refractivity contribution is 6.04. The molecule has 0 bridgehead atoms. The molecule has 0 saturated heterocycles. The van der Waals surface area contributed by atoms with Crippen LogP contribution in [0.5, 0.6) is 0 Å². The summed E-state index contributed by atoms with van der Waals surface area (Å²) in [6.45, 7) is 11.9. The number of allylic oxidation sites excluding steroid dienone is 1. The van der Waals surface area contributed by atoms with Crippen LogP contribution in [0.25, 0.3) is 11.6 Å². The maximum absolute atomic E-state index is 4.49. The third-order valence-corrected chi connectivity index (χ3v) is 2.88. The molecule has 0 saturated carbocycles. The predicted octanol–water partition coefficient (Wildman–Crippen LogP) is 3.26. The van der Waals surface area contributed by atoms with Crippen molar-refractivity contribution in [1.29, 1.82) is 0 Å². The highest BCUT2D eigenvalue weighted by Crippen LogP contribution is 2.29. The maximum atomic E-state index is 4.49. The van der Waals surface area contributed by atoms with Crippen LogP contribution in [0.3, 0.4) is 0 Å². The van der Waals surface area contributed by atoms with Gasteiger partial charge in [0.2, 0.25) is 0 Å². The van der Waals surface area contributed by atoms with E-state index in [0.29, 0.717) is 0 Å². The molecule has 0 amide bonds.